The maximum Gasteiger partial charge on any atom is 0.354 e. The molecule has 2 aromatic rings. The molecule has 19 heavy (non-hydrogen) atoms. The lowest BCUT2D eigenvalue weighted by Gasteiger charge is -2.18. The Hall–Kier alpha value is -2.18. The molecule has 7 heteroatoms. The van der Waals surface area contributed by atoms with E-state index in [1.165, 1.54) is 16.8 Å². The summed E-state index contributed by atoms with van der Waals surface area (Å²) in [4.78, 5) is 16.5. The SMILES string of the molecule is O=C(O)c1cnc2ccc(N3CCC(F)(F)C3)cn12. The standard InChI is InChI=1S/C12H11F2N3O2/c13-12(14)3-4-16(7-12)8-1-2-10-15-5-9(11(18)19)17(10)6-8/h1-2,5-6H,3-4,7H2,(H,18,19). The minimum atomic E-state index is -2.68. The van der Waals surface area contributed by atoms with Crippen molar-refractivity contribution in [1.29, 1.82) is 0 Å². The Morgan fingerprint density at radius 2 is 2.21 bits per heavy atom. The lowest BCUT2D eigenvalue weighted by molar-refractivity contribution is 0.0257. The summed E-state index contributed by atoms with van der Waals surface area (Å²) < 4.78 is 27.8. The van der Waals surface area contributed by atoms with Gasteiger partial charge in [0.2, 0.25) is 0 Å². The summed E-state index contributed by atoms with van der Waals surface area (Å²) in [6, 6.07) is 3.30. The summed E-state index contributed by atoms with van der Waals surface area (Å²) in [5.41, 5.74) is 1.07. The van der Waals surface area contributed by atoms with Crippen LogP contribution in [0.5, 0.6) is 0 Å². The summed E-state index contributed by atoms with van der Waals surface area (Å²) in [7, 11) is 0. The number of hydrogen-bond acceptors (Lipinski definition) is 3. The number of pyridine rings is 1. The third kappa shape index (κ3) is 2.00. The van der Waals surface area contributed by atoms with Crippen molar-refractivity contribution in [3.05, 3.63) is 30.2 Å². The third-order valence-corrected chi connectivity index (χ3v) is 3.24. The number of anilines is 1. The molecule has 0 atom stereocenters. The highest BCUT2D eigenvalue weighted by atomic mass is 19.3. The van der Waals surface area contributed by atoms with Crippen LogP contribution in [0, 0.1) is 0 Å². The van der Waals surface area contributed by atoms with Crippen LogP contribution >= 0.6 is 0 Å². The van der Waals surface area contributed by atoms with Crippen molar-refractivity contribution in [2.24, 2.45) is 0 Å². The van der Waals surface area contributed by atoms with Gasteiger partial charge in [0, 0.05) is 19.2 Å². The molecule has 0 aromatic carbocycles. The number of nitrogens with zero attached hydrogens (tertiary/aromatic N) is 3. The topological polar surface area (TPSA) is 57.8 Å². The van der Waals surface area contributed by atoms with Crippen LogP contribution in [0.25, 0.3) is 5.65 Å². The summed E-state index contributed by atoms with van der Waals surface area (Å²) in [6.07, 6.45) is 2.61. The highest BCUT2D eigenvalue weighted by Gasteiger charge is 2.38. The van der Waals surface area contributed by atoms with Crippen molar-refractivity contribution < 1.29 is 18.7 Å². The van der Waals surface area contributed by atoms with Crippen molar-refractivity contribution in [3.63, 3.8) is 0 Å². The summed E-state index contributed by atoms with van der Waals surface area (Å²) in [5.74, 6) is -3.78. The van der Waals surface area contributed by atoms with Crippen LogP contribution in [0.1, 0.15) is 16.9 Å². The third-order valence-electron chi connectivity index (χ3n) is 3.24. The molecule has 1 aliphatic heterocycles. The van der Waals surface area contributed by atoms with Crippen LogP contribution in [-0.2, 0) is 0 Å². The predicted octanol–water partition coefficient (Wildman–Crippen LogP) is 1.88. The van der Waals surface area contributed by atoms with Crippen molar-refractivity contribution >= 4 is 17.3 Å². The first-order valence-corrected chi connectivity index (χ1v) is 5.79. The lowest BCUT2D eigenvalue weighted by atomic mass is 10.3. The molecule has 3 rings (SSSR count). The maximum atomic E-state index is 13.2. The van der Waals surface area contributed by atoms with E-state index in [0.29, 0.717) is 11.3 Å². The van der Waals surface area contributed by atoms with Gasteiger partial charge in [-0.1, -0.05) is 0 Å². The number of halogens is 2. The minimum Gasteiger partial charge on any atom is -0.477 e. The largest absolute Gasteiger partial charge is 0.477 e. The quantitative estimate of drug-likeness (QED) is 0.902. The van der Waals surface area contributed by atoms with Gasteiger partial charge in [0.25, 0.3) is 5.92 Å². The zero-order chi connectivity index (χ0) is 13.6. The normalized spacial score (nSPS) is 18.1. The van der Waals surface area contributed by atoms with Crippen LogP contribution in [0.2, 0.25) is 0 Å². The summed E-state index contributed by atoms with van der Waals surface area (Å²) in [5, 5.41) is 9.02. The van der Waals surface area contributed by atoms with Crippen LogP contribution in [0.4, 0.5) is 14.5 Å². The summed E-state index contributed by atoms with van der Waals surface area (Å²) >= 11 is 0. The van der Waals surface area contributed by atoms with E-state index >= 15 is 0 Å². The van der Waals surface area contributed by atoms with Gasteiger partial charge in [0.05, 0.1) is 18.4 Å². The van der Waals surface area contributed by atoms with Gasteiger partial charge < -0.3 is 10.0 Å². The number of aromatic nitrogens is 2. The Morgan fingerprint density at radius 1 is 1.42 bits per heavy atom. The van der Waals surface area contributed by atoms with E-state index in [0.717, 1.165) is 0 Å². The second-order valence-electron chi connectivity index (χ2n) is 4.59. The Labute approximate surface area is 107 Å². The number of carboxylic acid groups (broad SMARTS) is 1. The van der Waals surface area contributed by atoms with Gasteiger partial charge in [-0.05, 0) is 12.1 Å². The van der Waals surface area contributed by atoms with E-state index in [4.69, 9.17) is 5.11 Å². The maximum absolute atomic E-state index is 13.2. The van der Waals surface area contributed by atoms with Gasteiger partial charge >= 0.3 is 5.97 Å². The molecule has 1 saturated heterocycles. The highest BCUT2D eigenvalue weighted by Crippen LogP contribution is 2.30. The molecule has 0 amide bonds. The molecule has 0 saturated carbocycles. The molecule has 3 heterocycles. The number of carbonyl (C=O) groups is 1. The van der Waals surface area contributed by atoms with Crippen molar-refractivity contribution in [1.82, 2.24) is 9.38 Å². The van der Waals surface area contributed by atoms with Gasteiger partial charge in [-0.25, -0.2) is 18.6 Å². The zero-order valence-corrected chi connectivity index (χ0v) is 9.88. The number of alkyl halides is 2. The second kappa shape index (κ2) is 3.91. The molecule has 0 aliphatic carbocycles. The van der Waals surface area contributed by atoms with Crippen molar-refractivity contribution in [2.75, 3.05) is 18.0 Å². The van der Waals surface area contributed by atoms with E-state index < -0.39 is 11.9 Å². The molecule has 0 spiro atoms. The molecule has 0 bridgehead atoms. The Bertz CT molecular complexity index is 653. The Balaban J connectivity index is 2.01. The molecule has 100 valence electrons. The van der Waals surface area contributed by atoms with Gasteiger partial charge in [-0.15, -0.1) is 0 Å². The molecular weight excluding hydrogens is 256 g/mol. The smallest absolute Gasteiger partial charge is 0.354 e. The average Bonchev–Trinajstić information content (AvgIpc) is 2.91. The average molecular weight is 267 g/mol. The first kappa shape index (κ1) is 11.9. The minimum absolute atomic E-state index is 0.0165. The van der Waals surface area contributed by atoms with Crippen LogP contribution in [0.3, 0.4) is 0 Å². The number of hydrogen-bond donors (Lipinski definition) is 1. The molecule has 1 fully saturated rings. The fourth-order valence-corrected chi connectivity index (χ4v) is 2.27. The van der Waals surface area contributed by atoms with Gasteiger partial charge in [0.1, 0.15) is 5.65 Å². The lowest BCUT2D eigenvalue weighted by Crippen LogP contribution is -2.25. The monoisotopic (exact) mass is 267 g/mol. The number of fused-ring (bicyclic) bond motifs is 1. The van der Waals surface area contributed by atoms with Gasteiger partial charge in [-0.2, -0.15) is 0 Å². The molecule has 5 nitrogen and oxygen atoms in total. The molecule has 0 unspecified atom stereocenters. The molecular formula is C12H11F2N3O2. The Morgan fingerprint density at radius 3 is 2.84 bits per heavy atom. The van der Waals surface area contributed by atoms with E-state index in [2.05, 4.69) is 4.98 Å². The van der Waals surface area contributed by atoms with Crippen molar-refractivity contribution in [2.45, 2.75) is 12.3 Å². The van der Waals surface area contributed by atoms with Gasteiger partial charge in [-0.3, -0.25) is 4.40 Å². The molecule has 2 aromatic heterocycles. The number of carboxylic acids is 1. The highest BCUT2D eigenvalue weighted by molar-refractivity contribution is 5.86. The first-order chi connectivity index (χ1) is 8.96. The van der Waals surface area contributed by atoms with E-state index in [9.17, 15) is 13.6 Å². The van der Waals surface area contributed by atoms with Crippen LogP contribution in [0.15, 0.2) is 24.5 Å². The van der Waals surface area contributed by atoms with Crippen LogP contribution in [-0.4, -0.2) is 39.5 Å². The molecule has 1 N–H and O–H groups in total. The van der Waals surface area contributed by atoms with E-state index in [-0.39, 0.29) is 25.2 Å². The fraction of sp³-hybridized carbons (Fsp3) is 0.333. The zero-order valence-electron chi connectivity index (χ0n) is 9.88. The Kier molecular flexibility index (Phi) is 2.44. The van der Waals surface area contributed by atoms with Crippen LogP contribution < -0.4 is 4.90 Å². The molecule has 1 aliphatic rings. The fourth-order valence-electron chi connectivity index (χ4n) is 2.27. The van der Waals surface area contributed by atoms with E-state index in [1.807, 2.05) is 0 Å². The molecule has 0 radical (unpaired) electrons. The first-order valence-electron chi connectivity index (χ1n) is 5.79. The number of aromatic carboxylic acids is 1. The number of rotatable bonds is 2. The predicted molar refractivity (Wildman–Crippen MR) is 63.9 cm³/mol. The summed E-state index contributed by atoms with van der Waals surface area (Å²) in [6.45, 7) is -0.0782. The second-order valence-corrected chi connectivity index (χ2v) is 4.59. The van der Waals surface area contributed by atoms with E-state index in [1.54, 1.807) is 17.0 Å². The number of imidazole rings is 1. The van der Waals surface area contributed by atoms with Gasteiger partial charge in [0.15, 0.2) is 5.69 Å². The van der Waals surface area contributed by atoms with Crippen molar-refractivity contribution in [3.8, 4) is 0 Å².